The van der Waals surface area contributed by atoms with Crippen LogP contribution in [-0.2, 0) is 12.8 Å². The fourth-order valence-corrected chi connectivity index (χ4v) is 2.87. The van der Waals surface area contributed by atoms with Crippen molar-refractivity contribution in [2.75, 3.05) is 5.73 Å². The summed E-state index contributed by atoms with van der Waals surface area (Å²) in [5, 5.41) is 1.03. The van der Waals surface area contributed by atoms with E-state index in [9.17, 15) is 0 Å². The van der Waals surface area contributed by atoms with Crippen LogP contribution < -0.4 is 5.73 Å². The molecule has 0 bridgehead atoms. The van der Waals surface area contributed by atoms with E-state index in [0.29, 0.717) is 5.82 Å². The molecule has 3 aromatic rings. The van der Waals surface area contributed by atoms with Crippen molar-refractivity contribution in [2.24, 2.45) is 0 Å². The maximum absolute atomic E-state index is 6.07. The molecule has 2 heterocycles. The van der Waals surface area contributed by atoms with Crippen LogP contribution >= 0.6 is 0 Å². The van der Waals surface area contributed by atoms with Crippen molar-refractivity contribution in [3.8, 4) is 0 Å². The number of benzene rings is 1. The lowest BCUT2D eigenvalue weighted by atomic mass is 10.0. The van der Waals surface area contributed by atoms with Gasteiger partial charge in [-0.3, -0.25) is 4.98 Å². The van der Waals surface area contributed by atoms with Crippen molar-refractivity contribution in [3.63, 3.8) is 0 Å². The minimum atomic E-state index is 0.447. The largest absolute Gasteiger partial charge is 0.382 e. The maximum atomic E-state index is 6.07. The van der Waals surface area contributed by atoms with E-state index in [1.165, 1.54) is 11.1 Å². The Morgan fingerprint density at radius 2 is 1.88 bits per heavy atom. The molecule has 0 atom stereocenters. The Morgan fingerprint density at radius 3 is 2.58 bits per heavy atom. The zero-order valence-corrected chi connectivity index (χ0v) is 13.9. The highest BCUT2D eigenvalue weighted by atomic mass is 14.9. The van der Waals surface area contributed by atoms with Gasteiger partial charge in [-0.1, -0.05) is 49.1 Å². The molecule has 2 N–H and O–H groups in total. The highest BCUT2D eigenvalue weighted by molar-refractivity contribution is 5.96. The average Bonchev–Trinajstić information content (AvgIpc) is 2.63. The molecule has 0 saturated heterocycles. The van der Waals surface area contributed by atoms with E-state index in [1.54, 1.807) is 6.08 Å². The summed E-state index contributed by atoms with van der Waals surface area (Å²) in [4.78, 5) is 8.96. The number of rotatable bonds is 5. The van der Waals surface area contributed by atoms with Gasteiger partial charge in [0.2, 0.25) is 0 Å². The van der Waals surface area contributed by atoms with Crippen molar-refractivity contribution < 1.29 is 0 Å². The molecular formula is C21H21N3. The molecule has 0 amide bonds. The van der Waals surface area contributed by atoms with Crippen molar-refractivity contribution in [1.29, 1.82) is 0 Å². The SMILES string of the molecule is C=Cc1nc(N)c2ncc(CCc3ccccc3)cc2c1/C=C\C. The monoisotopic (exact) mass is 315 g/mol. The zero-order valence-electron chi connectivity index (χ0n) is 13.9. The predicted octanol–water partition coefficient (Wildman–Crippen LogP) is 4.67. The first-order chi connectivity index (χ1) is 11.7. The van der Waals surface area contributed by atoms with Crippen LogP contribution in [0, 0.1) is 0 Å². The molecule has 0 fully saturated rings. The van der Waals surface area contributed by atoms with Gasteiger partial charge in [0.15, 0.2) is 5.82 Å². The molecule has 0 unspecified atom stereocenters. The topological polar surface area (TPSA) is 51.8 Å². The molecular weight excluding hydrogens is 294 g/mol. The quantitative estimate of drug-likeness (QED) is 0.744. The Hall–Kier alpha value is -2.94. The first kappa shape index (κ1) is 15.9. The predicted molar refractivity (Wildman–Crippen MR) is 103 cm³/mol. The fraction of sp³-hybridized carbons (Fsp3) is 0.143. The van der Waals surface area contributed by atoms with Gasteiger partial charge in [0.25, 0.3) is 0 Å². The van der Waals surface area contributed by atoms with Gasteiger partial charge in [-0.25, -0.2) is 4.98 Å². The molecule has 3 heteroatoms. The van der Waals surface area contributed by atoms with Crippen LogP contribution in [0.25, 0.3) is 23.1 Å². The molecule has 0 aliphatic carbocycles. The van der Waals surface area contributed by atoms with Crippen LogP contribution in [0.2, 0.25) is 0 Å². The number of aromatic nitrogens is 2. The van der Waals surface area contributed by atoms with Crippen LogP contribution in [0.15, 0.2) is 55.3 Å². The van der Waals surface area contributed by atoms with Gasteiger partial charge in [-0.05, 0) is 43.0 Å². The third-order valence-corrected chi connectivity index (χ3v) is 4.07. The molecule has 1 aromatic carbocycles. The summed E-state index contributed by atoms with van der Waals surface area (Å²) in [7, 11) is 0. The van der Waals surface area contributed by atoms with E-state index in [1.807, 2.05) is 31.3 Å². The van der Waals surface area contributed by atoms with Crippen molar-refractivity contribution >= 4 is 28.9 Å². The number of nitrogens with two attached hydrogens (primary N) is 1. The first-order valence-corrected chi connectivity index (χ1v) is 8.10. The highest BCUT2D eigenvalue weighted by Gasteiger charge is 2.10. The number of anilines is 1. The third-order valence-electron chi connectivity index (χ3n) is 4.07. The fourth-order valence-electron chi connectivity index (χ4n) is 2.87. The summed E-state index contributed by atoms with van der Waals surface area (Å²) in [5.74, 6) is 0.447. The summed E-state index contributed by atoms with van der Waals surface area (Å²) in [6.07, 6.45) is 9.60. The summed E-state index contributed by atoms with van der Waals surface area (Å²) >= 11 is 0. The maximum Gasteiger partial charge on any atom is 0.150 e. The van der Waals surface area contributed by atoms with E-state index >= 15 is 0 Å². The van der Waals surface area contributed by atoms with Gasteiger partial charge < -0.3 is 5.73 Å². The van der Waals surface area contributed by atoms with Crippen LogP contribution in [0.5, 0.6) is 0 Å². The molecule has 24 heavy (non-hydrogen) atoms. The van der Waals surface area contributed by atoms with E-state index in [2.05, 4.69) is 46.9 Å². The molecule has 3 rings (SSSR count). The van der Waals surface area contributed by atoms with Gasteiger partial charge in [-0.15, -0.1) is 0 Å². The smallest absolute Gasteiger partial charge is 0.150 e. The first-order valence-electron chi connectivity index (χ1n) is 8.10. The molecule has 0 saturated carbocycles. The Labute approximate surface area is 142 Å². The molecule has 0 aliphatic rings. The molecule has 0 radical (unpaired) electrons. The number of nitrogen functional groups attached to an aromatic ring is 1. The number of allylic oxidation sites excluding steroid dienone is 1. The Kier molecular flexibility index (Phi) is 4.71. The van der Waals surface area contributed by atoms with Gasteiger partial charge in [-0.2, -0.15) is 0 Å². The van der Waals surface area contributed by atoms with E-state index in [0.717, 1.165) is 35.0 Å². The lowest BCUT2D eigenvalue weighted by Gasteiger charge is -2.10. The summed E-state index contributed by atoms with van der Waals surface area (Å²) < 4.78 is 0. The van der Waals surface area contributed by atoms with Crippen molar-refractivity contribution in [1.82, 2.24) is 9.97 Å². The van der Waals surface area contributed by atoms with Crippen LogP contribution in [0.3, 0.4) is 0 Å². The van der Waals surface area contributed by atoms with Gasteiger partial charge in [0.05, 0.1) is 5.69 Å². The number of nitrogens with zero attached hydrogens (tertiary/aromatic N) is 2. The zero-order chi connectivity index (χ0) is 16.9. The number of aryl methyl sites for hydroxylation is 2. The Bertz CT molecular complexity index is 896. The minimum absolute atomic E-state index is 0.447. The number of hydrogen-bond acceptors (Lipinski definition) is 3. The van der Waals surface area contributed by atoms with Crippen LogP contribution in [0.1, 0.15) is 29.3 Å². The third kappa shape index (κ3) is 3.20. The van der Waals surface area contributed by atoms with E-state index in [4.69, 9.17) is 5.73 Å². The lowest BCUT2D eigenvalue weighted by molar-refractivity contribution is 0.954. The van der Waals surface area contributed by atoms with Crippen molar-refractivity contribution in [2.45, 2.75) is 19.8 Å². The second-order valence-electron chi connectivity index (χ2n) is 5.73. The van der Waals surface area contributed by atoms with Gasteiger partial charge >= 0.3 is 0 Å². The van der Waals surface area contributed by atoms with Gasteiger partial charge in [0.1, 0.15) is 5.52 Å². The van der Waals surface area contributed by atoms with Crippen LogP contribution in [-0.4, -0.2) is 9.97 Å². The van der Waals surface area contributed by atoms with E-state index in [-0.39, 0.29) is 0 Å². The summed E-state index contributed by atoms with van der Waals surface area (Å²) in [6, 6.07) is 12.7. The molecule has 3 nitrogen and oxygen atoms in total. The minimum Gasteiger partial charge on any atom is -0.382 e. The Morgan fingerprint density at radius 1 is 1.12 bits per heavy atom. The summed E-state index contributed by atoms with van der Waals surface area (Å²) in [6.45, 7) is 5.84. The average molecular weight is 315 g/mol. The Balaban J connectivity index is 2.02. The lowest BCUT2D eigenvalue weighted by Crippen LogP contribution is -2.01. The van der Waals surface area contributed by atoms with Gasteiger partial charge in [0, 0.05) is 17.1 Å². The normalized spacial score (nSPS) is 11.2. The highest BCUT2D eigenvalue weighted by Crippen LogP contribution is 2.27. The second-order valence-corrected chi connectivity index (χ2v) is 5.73. The standard InChI is InChI=1S/C21H21N3/c1-3-8-17-18-13-16(12-11-15-9-6-5-7-10-15)14-23-20(18)21(22)24-19(17)4-2/h3-10,13-14H,2,11-12H2,1H3,(H2,22,24)/b8-3-. The molecule has 2 aromatic heterocycles. The number of fused-ring (bicyclic) bond motifs is 1. The van der Waals surface area contributed by atoms with Crippen LogP contribution in [0.4, 0.5) is 5.82 Å². The molecule has 120 valence electrons. The number of hydrogen-bond donors (Lipinski definition) is 1. The second kappa shape index (κ2) is 7.09. The molecule has 0 spiro atoms. The summed E-state index contributed by atoms with van der Waals surface area (Å²) in [5.41, 5.74) is 11.1. The van der Waals surface area contributed by atoms with E-state index < -0.39 is 0 Å². The number of pyridine rings is 2. The van der Waals surface area contributed by atoms with Crippen molar-refractivity contribution in [3.05, 3.63) is 77.6 Å². The molecule has 0 aliphatic heterocycles.